The average molecular weight is 356 g/mol. The summed E-state index contributed by atoms with van der Waals surface area (Å²) in [6.45, 7) is 8.19. The Bertz CT molecular complexity index is 715. The fraction of sp³-hybridized carbons (Fsp3) is 0.550. The molecule has 140 valence electrons. The van der Waals surface area contributed by atoms with Crippen molar-refractivity contribution >= 4 is 22.9 Å². The van der Waals surface area contributed by atoms with Crippen LogP contribution in [0.5, 0.6) is 0 Å². The lowest BCUT2D eigenvalue weighted by molar-refractivity contribution is -0.113. The summed E-state index contributed by atoms with van der Waals surface area (Å²) >= 11 is 0. The Labute approximate surface area is 155 Å². The van der Waals surface area contributed by atoms with E-state index in [4.69, 9.17) is 4.74 Å². The molecule has 0 spiro atoms. The maximum Gasteiger partial charge on any atom is 0.261 e. The Kier molecular flexibility index (Phi) is 4.87. The Morgan fingerprint density at radius 2 is 2.04 bits per heavy atom. The topological polar surface area (TPSA) is 65.6 Å². The lowest BCUT2D eigenvalue weighted by Gasteiger charge is -2.31. The zero-order chi connectivity index (χ0) is 18.1. The second kappa shape index (κ2) is 7.29. The summed E-state index contributed by atoms with van der Waals surface area (Å²) in [7, 11) is 0. The summed E-state index contributed by atoms with van der Waals surface area (Å²) in [5.74, 6) is 0.125. The van der Waals surface area contributed by atoms with E-state index in [0.29, 0.717) is 12.6 Å². The van der Waals surface area contributed by atoms with Crippen LogP contribution in [0.4, 0.5) is 11.4 Å². The van der Waals surface area contributed by atoms with Gasteiger partial charge in [-0.1, -0.05) is 0 Å². The van der Waals surface area contributed by atoms with Gasteiger partial charge < -0.3 is 25.6 Å². The highest BCUT2D eigenvalue weighted by Gasteiger charge is 2.39. The number of fused-ring (bicyclic) bond motifs is 1. The van der Waals surface area contributed by atoms with Gasteiger partial charge in [-0.25, -0.2) is 0 Å². The SMILES string of the molecule is CC(C)Nc1ccc2c(c1)/C(=C1\CNCCN1)C(=O)N2C1CCOCC1. The van der Waals surface area contributed by atoms with E-state index < -0.39 is 0 Å². The van der Waals surface area contributed by atoms with Gasteiger partial charge in [-0.2, -0.15) is 0 Å². The van der Waals surface area contributed by atoms with E-state index in [1.807, 2.05) is 4.90 Å². The maximum absolute atomic E-state index is 13.4. The summed E-state index contributed by atoms with van der Waals surface area (Å²) in [6.07, 6.45) is 1.79. The van der Waals surface area contributed by atoms with E-state index in [1.165, 1.54) is 0 Å². The van der Waals surface area contributed by atoms with E-state index in [0.717, 1.165) is 67.4 Å². The van der Waals surface area contributed by atoms with Crippen molar-refractivity contribution in [3.63, 3.8) is 0 Å². The number of hydrogen-bond acceptors (Lipinski definition) is 5. The van der Waals surface area contributed by atoms with Crippen LogP contribution in [-0.2, 0) is 9.53 Å². The number of anilines is 2. The molecule has 0 atom stereocenters. The Morgan fingerprint density at radius 3 is 2.73 bits per heavy atom. The third-order valence-corrected chi connectivity index (χ3v) is 5.21. The lowest BCUT2D eigenvalue weighted by Crippen LogP contribution is -2.43. The van der Waals surface area contributed by atoms with Gasteiger partial charge in [0.25, 0.3) is 5.91 Å². The molecule has 26 heavy (non-hydrogen) atoms. The van der Waals surface area contributed by atoms with E-state index in [1.54, 1.807) is 0 Å². The average Bonchev–Trinajstić information content (AvgIpc) is 2.94. The first-order chi connectivity index (χ1) is 12.6. The molecule has 2 saturated heterocycles. The highest BCUT2D eigenvalue weighted by atomic mass is 16.5. The fourth-order valence-corrected chi connectivity index (χ4v) is 4.07. The number of amides is 1. The number of benzene rings is 1. The van der Waals surface area contributed by atoms with E-state index in [9.17, 15) is 4.79 Å². The van der Waals surface area contributed by atoms with Crippen LogP contribution in [0, 0.1) is 0 Å². The largest absolute Gasteiger partial charge is 0.385 e. The number of carbonyl (C=O) groups is 1. The molecule has 1 aromatic carbocycles. The van der Waals surface area contributed by atoms with Crippen molar-refractivity contribution in [1.82, 2.24) is 10.6 Å². The van der Waals surface area contributed by atoms with Crippen LogP contribution in [0.2, 0.25) is 0 Å². The number of carbonyl (C=O) groups excluding carboxylic acids is 1. The molecular weight excluding hydrogens is 328 g/mol. The van der Waals surface area contributed by atoms with Crippen molar-refractivity contribution in [3.05, 3.63) is 29.5 Å². The molecule has 3 N–H and O–H groups in total. The molecule has 2 fully saturated rings. The molecule has 0 saturated carbocycles. The van der Waals surface area contributed by atoms with Crippen molar-refractivity contribution < 1.29 is 9.53 Å². The fourth-order valence-electron chi connectivity index (χ4n) is 4.07. The van der Waals surface area contributed by atoms with Crippen molar-refractivity contribution in [3.8, 4) is 0 Å². The van der Waals surface area contributed by atoms with Gasteiger partial charge in [-0.3, -0.25) is 4.79 Å². The number of nitrogens with one attached hydrogen (secondary N) is 3. The van der Waals surface area contributed by atoms with Crippen LogP contribution in [0.15, 0.2) is 23.9 Å². The monoisotopic (exact) mass is 356 g/mol. The van der Waals surface area contributed by atoms with Gasteiger partial charge in [0.1, 0.15) is 0 Å². The van der Waals surface area contributed by atoms with Crippen molar-refractivity contribution in [2.45, 2.75) is 38.8 Å². The molecule has 0 aliphatic carbocycles. The predicted molar refractivity (Wildman–Crippen MR) is 104 cm³/mol. The van der Waals surface area contributed by atoms with Crippen LogP contribution in [0.1, 0.15) is 32.3 Å². The standard InChI is InChI=1S/C20H28N4O2/c1-13(2)23-14-3-4-18-16(11-14)19(17-12-21-7-8-22-17)20(25)24(18)15-5-9-26-10-6-15/h3-4,11,13,15,21-23H,5-10,12H2,1-2H3/b19-17-. The molecule has 1 aromatic rings. The molecule has 6 nitrogen and oxygen atoms in total. The zero-order valence-corrected chi connectivity index (χ0v) is 15.6. The van der Waals surface area contributed by atoms with Crippen LogP contribution >= 0.6 is 0 Å². The molecule has 6 heteroatoms. The number of ether oxygens (including phenoxy) is 1. The molecule has 0 aromatic heterocycles. The van der Waals surface area contributed by atoms with Crippen LogP contribution < -0.4 is 20.9 Å². The first kappa shape index (κ1) is 17.4. The summed E-state index contributed by atoms with van der Waals surface area (Å²) in [5.41, 5.74) is 4.97. The molecule has 1 amide bonds. The van der Waals surface area contributed by atoms with Gasteiger partial charge in [0.2, 0.25) is 0 Å². The minimum Gasteiger partial charge on any atom is -0.385 e. The first-order valence-corrected chi connectivity index (χ1v) is 9.65. The summed E-state index contributed by atoms with van der Waals surface area (Å²) in [4.78, 5) is 15.4. The molecule has 3 aliphatic heterocycles. The first-order valence-electron chi connectivity index (χ1n) is 9.65. The zero-order valence-electron chi connectivity index (χ0n) is 15.6. The van der Waals surface area contributed by atoms with Crippen LogP contribution in [-0.4, -0.2) is 50.8 Å². The van der Waals surface area contributed by atoms with Gasteiger partial charge in [-0.15, -0.1) is 0 Å². The predicted octanol–water partition coefficient (Wildman–Crippen LogP) is 1.94. The summed E-state index contributed by atoms with van der Waals surface area (Å²) < 4.78 is 5.51. The van der Waals surface area contributed by atoms with Gasteiger partial charge in [0.15, 0.2) is 0 Å². The van der Waals surface area contributed by atoms with Crippen molar-refractivity contribution in [2.24, 2.45) is 0 Å². The lowest BCUT2D eigenvalue weighted by atomic mass is 10.0. The molecule has 4 rings (SSSR count). The number of piperazine rings is 1. The minimum atomic E-state index is 0.125. The second-order valence-corrected chi connectivity index (χ2v) is 7.51. The minimum absolute atomic E-state index is 0.125. The van der Waals surface area contributed by atoms with Crippen molar-refractivity contribution in [1.29, 1.82) is 0 Å². The Hall–Kier alpha value is -2.05. The van der Waals surface area contributed by atoms with E-state index in [-0.39, 0.29) is 11.9 Å². The second-order valence-electron chi connectivity index (χ2n) is 7.51. The highest BCUT2D eigenvalue weighted by Crippen LogP contribution is 2.42. The normalized spacial score (nSPS) is 24.0. The van der Waals surface area contributed by atoms with Crippen LogP contribution in [0.3, 0.4) is 0 Å². The highest BCUT2D eigenvalue weighted by molar-refractivity contribution is 6.33. The molecular formula is C20H28N4O2. The smallest absolute Gasteiger partial charge is 0.261 e. The molecule has 0 radical (unpaired) electrons. The summed E-state index contributed by atoms with van der Waals surface area (Å²) in [5, 5.41) is 10.3. The molecule has 0 bridgehead atoms. The third kappa shape index (κ3) is 3.19. The van der Waals surface area contributed by atoms with E-state index >= 15 is 0 Å². The van der Waals surface area contributed by atoms with Gasteiger partial charge in [0, 0.05) is 61.9 Å². The van der Waals surface area contributed by atoms with Gasteiger partial charge >= 0.3 is 0 Å². The Balaban J connectivity index is 1.77. The van der Waals surface area contributed by atoms with Crippen LogP contribution in [0.25, 0.3) is 5.57 Å². The number of hydrogen-bond donors (Lipinski definition) is 3. The quantitative estimate of drug-likeness (QED) is 0.723. The molecule has 3 heterocycles. The van der Waals surface area contributed by atoms with Gasteiger partial charge in [-0.05, 0) is 44.9 Å². The number of nitrogens with zero attached hydrogens (tertiary/aromatic N) is 1. The van der Waals surface area contributed by atoms with Crippen molar-refractivity contribution in [2.75, 3.05) is 43.1 Å². The summed E-state index contributed by atoms with van der Waals surface area (Å²) in [6, 6.07) is 6.87. The molecule has 0 unspecified atom stereocenters. The third-order valence-electron chi connectivity index (χ3n) is 5.21. The number of rotatable bonds is 3. The van der Waals surface area contributed by atoms with Gasteiger partial charge in [0.05, 0.1) is 11.3 Å². The Morgan fingerprint density at radius 1 is 1.23 bits per heavy atom. The molecule has 3 aliphatic rings. The maximum atomic E-state index is 13.4. The van der Waals surface area contributed by atoms with E-state index in [2.05, 4.69) is 48.0 Å².